The highest BCUT2D eigenvalue weighted by atomic mass is 35.5. The fourth-order valence-electron chi connectivity index (χ4n) is 3.70. The van der Waals surface area contributed by atoms with E-state index in [1.54, 1.807) is 30.3 Å². The highest BCUT2D eigenvalue weighted by molar-refractivity contribution is 6.30. The highest BCUT2D eigenvalue weighted by Gasteiger charge is 2.20. The molecule has 0 saturated carbocycles. The third-order valence-corrected chi connectivity index (χ3v) is 5.56. The number of carbonyl (C=O) groups excluding carboxylic acids is 1. The molecule has 0 atom stereocenters. The summed E-state index contributed by atoms with van der Waals surface area (Å²) < 4.78 is 9.06. The van der Waals surface area contributed by atoms with Gasteiger partial charge in [0.2, 0.25) is 5.78 Å². The molecule has 0 fully saturated rings. The average Bonchev–Trinajstić information content (AvgIpc) is 3.46. The fraction of sp³-hybridized carbons (Fsp3) is 0.0800. The van der Waals surface area contributed by atoms with E-state index in [0.717, 1.165) is 16.5 Å². The first-order valence-electron chi connectivity index (χ1n) is 10.1. The number of carbonyl (C=O) groups is 1. The lowest BCUT2D eigenvalue weighted by Crippen LogP contribution is -2.05. The summed E-state index contributed by atoms with van der Waals surface area (Å²) >= 11 is 6.02. The van der Waals surface area contributed by atoms with Crippen molar-refractivity contribution < 1.29 is 9.53 Å². The van der Waals surface area contributed by atoms with Crippen molar-refractivity contribution in [1.29, 1.82) is 0 Å². The summed E-state index contributed by atoms with van der Waals surface area (Å²) in [5.74, 6) is 1.18. The molecule has 0 spiro atoms. The molecule has 32 heavy (non-hydrogen) atoms. The number of ether oxygens (including phenoxy) is 1. The number of methoxy groups -OCH3 is 1. The molecule has 0 amide bonds. The van der Waals surface area contributed by atoms with Gasteiger partial charge < -0.3 is 9.30 Å². The van der Waals surface area contributed by atoms with E-state index in [2.05, 4.69) is 14.6 Å². The lowest BCUT2D eigenvalue weighted by Gasteiger charge is -2.06. The second-order valence-electron chi connectivity index (χ2n) is 7.34. The lowest BCUT2D eigenvalue weighted by atomic mass is 10.1. The molecule has 158 valence electrons. The van der Waals surface area contributed by atoms with Gasteiger partial charge in [-0.25, -0.2) is 9.67 Å². The maximum absolute atomic E-state index is 13.4. The molecule has 0 aliphatic heterocycles. The fourth-order valence-corrected chi connectivity index (χ4v) is 3.83. The first-order chi connectivity index (χ1) is 15.6. The second kappa shape index (κ2) is 8.32. The zero-order chi connectivity index (χ0) is 22.1. The summed E-state index contributed by atoms with van der Waals surface area (Å²) in [6.45, 7) is 0.607. The van der Waals surface area contributed by atoms with E-state index in [1.165, 1.54) is 0 Å². The lowest BCUT2D eigenvalue weighted by molar-refractivity contribution is 0.103. The number of halogens is 1. The van der Waals surface area contributed by atoms with Crippen LogP contribution in [0.4, 0.5) is 0 Å². The molecule has 5 aromatic rings. The molecule has 0 bridgehead atoms. The summed E-state index contributed by atoms with van der Waals surface area (Å²) in [4.78, 5) is 17.7. The van der Waals surface area contributed by atoms with Crippen LogP contribution >= 0.6 is 11.6 Å². The van der Waals surface area contributed by atoms with Gasteiger partial charge in [0.15, 0.2) is 5.82 Å². The molecule has 0 aliphatic rings. The van der Waals surface area contributed by atoms with Crippen LogP contribution in [0.2, 0.25) is 5.02 Å². The molecule has 0 aliphatic carbocycles. The second-order valence-corrected chi connectivity index (χ2v) is 7.78. The van der Waals surface area contributed by atoms with Crippen molar-refractivity contribution in [3.8, 4) is 11.6 Å². The van der Waals surface area contributed by atoms with Crippen LogP contribution in [0.15, 0.2) is 85.3 Å². The maximum Gasteiger partial charge on any atom is 0.215 e. The monoisotopic (exact) mass is 442 g/mol. The van der Waals surface area contributed by atoms with E-state index in [0.29, 0.717) is 34.4 Å². The Balaban J connectivity index is 1.56. The van der Waals surface area contributed by atoms with Crippen LogP contribution in [0.1, 0.15) is 21.6 Å². The van der Waals surface area contributed by atoms with E-state index in [4.69, 9.17) is 16.3 Å². The Kier molecular flexibility index (Phi) is 5.21. The number of nitrogens with zero attached hydrogens (tertiary/aromatic N) is 4. The molecular weight excluding hydrogens is 424 g/mol. The van der Waals surface area contributed by atoms with Crippen molar-refractivity contribution in [1.82, 2.24) is 19.3 Å². The Hall–Kier alpha value is -3.90. The Labute approximate surface area is 189 Å². The van der Waals surface area contributed by atoms with Crippen LogP contribution in [-0.2, 0) is 6.54 Å². The standard InChI is InChI=1S/C25H19ClN4O2/c1-32-19-9-10-23-20(14-19)21(16-29(23)15-17-5-7-18(26)8-6-17)25(31)22-11-13-30(28-22)24-4-2-3-12-27-24/h2-14,16H,15H2,1H3. The first-order valence-corrected chi connectivity index (χ1v) is 10.4. The average molecular weight is 443 g/mol. The van der Waals surface area contributed by atoms with E-state index >= 15 is 0 Å². The molecular formula is C25H19ClN4O2. The zero-order valence-corrected chi connectivity index (χ0v) is 18.0. The Morgan fingerprint density at radius 2 is 1.91 bits per heavy atom. The van der Waals surface area contributed by atoms with Crippen LogP contribution in [-0.4, -0.2) is 32.2 Å². The van der Waals surface area contributed by atoms with Gasteiger partial charge >= 0.3 is 0 Å². The molecule has 5 rings (SSSR count). The minimum Gasteiger partial charge on any atom is -0.497 e. The van der Waals surface area contributed by atoms with Crippen LogP contribution in [0.25, 0.3) is 16.7 Å². The molecule has 0 radical (unpaired) electrons. The molecule has 0 N–H and O–H groups in total. The number of ketones is 1. The van der Waals surface area contributed by atoms with Crippen LogP contribution in [0, 0.1) is 0 Å². The third-order valence-electron chi connectivity index (χ3n) is 5.30. The largest absolute Gasteiger partial charge is 0.497 e. The Morgan fingerprint density at radius 3 is 2.66 bits per heavy atom. The van der Waals surface area contributed by atoms with Crippen LogP contribution in [0.3, 0.4) is 0 Å². The minimum absolute atomic E-state index is 0.159. The van der Waals surface area contributed by atoms with Gasteiger partial charge in [0, 0.05) is 46.6 Å². The predicted molar refractivity (Wildman–Crippen MR) is 124 cm³/mol. The molecule has 0 saturated heterocycles. The van der Waals surface area contributed by atoms with Crippen molar-refractivity contribution in [2.75, 3.05) is 7.11 Å². The molecule has 3 aromatic heterocycles. The number of pyridine rings is 1. The van der Waals surface area contributed by atoms with Crippen LogP contribution in [0.5, 0.6) is 5.75 Å². The number of rotatable bonds is 6. The molecule has 2 aromatic carbocycles. The SMILES string of the molecule is COc1ccc2c(c1)c(C(=O)c1ccn(-c3ccccn3)n1)cn2Cc1ccc(Cl)cc1. The van der Waals surface area contributed by atoms with Crippen molar-refractivity contribution in [3.05, 3.63) is 107 Å². The van der Waals surface area contributed by atoms with Gasteiger partial charge in [-0.1, -0.05) is 29.8 Å². The molecule has 7 heteroatoms. The highest BCUT2D eigenvalue weighted by Crippen LogP contribution is 2.28. The van der Waals surface area contributed by atoms with E-state index in [1.807, 2.05) is 66.9 Å². The van der Waals surface area contributed by atoms with Crippen LogP contribution < -0.4 is 4.74 Å². The Bertz CT molecular complexity index is 1410. The van der Waals surface area contributed by atoms with Gasteiger partial charge in [0.1, 0.15) is 11.4 Å². The predicted octanol–water partition coefficient (Wildman–Crippen LogP) is 5.16. The number of hydrogen-bond acceptors (Lipinski definition) is 4. The number of benzene rings is 2. The van der Waals surface area contributed by atoms with Gasteiger partial charge in [0.25, 0.3) is 0 Å². The number of fused-ring (bicyclic) bond motifs is 1. The normalized spacial score (nSPS) is 11.1. The summed E-state index contributed by atoms with van der Waals surface area (Å²) in [6, 6.07) is 20.7. The van der Waals surface area contributed by atoms with Gasteiger partial charge in [-0.05, 0) is 54.1 Å². The minimum atomic E-state index is -0.159. The first kappa shape index (κ1) is 20.0. The van der Waals surface area contributed by atoms with Crippen molar-refractivity contribution in [3.63, 3.8) is 0 Å². The Morgan fingerprint density at radius 1 is 1.06 bits per heavy atom. The summed E-state index contributed by atoms with van der Waals surface area (Å²) in [7, 11) is 1.61. The molecule has 3 heterocycles. The smallest absolute Gasteiger partial charge is 0.215 e. The third kappa shape index (κ3) is 3.76. The van der Waals surface area contributed by atoms with E-state index in [9.17, 15) is 4.79 Å². The maximum atomic E-state index is 13.4. The number of aromatic nitrogens is 4. The molecule has 0 unspecified atom stereocenters. The summed E-state index contributed by atoms with van der Waals surface area (Å²) in [5.41, 5.74) is 2.94. The van der Waals surface area contributed by atoms with Gasteiger partial charge in [-0.2, -0.15) is 5.10 Å². The zero-order valence-electron chi connectivity index (χ0n) is 17.3. The van der Waals surface area contributed by atoms with E-state index < -0.39 is 0 Å². The van der Waals surface area contributed by atoms with Gasteiger partial charge in [-0.15, -0.1) is 0 Å². The van der Waals surface area contributed by atoms with E-state index in [-0.39, 0.29) is 5.78 Å². The summed E-state index contributed by atoms with van der Waals surface area (Å²) in [6.07, 6.45) is 5.30. The van der Waals surface area contributed by atoms with Gasteiger partial charge in [0.05, 0.1) is 7.11 Å². The van der Waals surface area contributed by atoms with Gasteiger partial charge in [-0.3, -0.25) is 4.79 Å². The quantitative estimate of drug-likeness (QED) is 0.341. The topological polar surface area (TPSA) is 61.9 Å². The van der Waals surface area contributed by atoms with Crippen molar-refractivity contribution in [2.45, 2.75) is 6.54 Å². The molecule has 6 nitrogen and oxygen atoms in total. The summed E-state index contributed by atoms with van der Waals surface area (Å²) in [5, 5.41) is 5.96. The van der Waals surface area contributed by atoms with Crippen molar-refractivity contribution >= 4 is 28.3 Å². The van der Waals surface area contributed by atoms with Crippen molar-refractivity contribution in [2.24, 2.45) is 0 Å². The number of hydrogen-bond donors (Lipinski definition) is 0.